The maximum absolute atomic E-state index is 9.62. The molecule has 0 saturated carbocycles. The van der Waals surface area contributed by atoms with Gasteiger partial charge in [0.25, 0.3) is 0 Å². The standard InChI is InChI=1S/C22H21N3O2/c1-13-5-6-14(2)16(9-13)19-11-17(18(12-23)22(24)25-19)15-7-8-20(26-3)21(10-15)27-4/h5-11H,1-4H3,(H2,24,25). The average Bonchev–Trinajstić information content (AvgIpc) is 2.68. The zero-order valence-corrected chi connectivity index (χ0v) is 15.8. The van der Waals surface area contributed by atoms with Crippen molar-refractivity contribution in [3.05, 3.63) is 59.2 Å². The van der Waals surface area contributed by atoms with Gasteiger partial charge in [-0.3, -0.25) is 0 Å². The lowest BCUT2D eigenvalue weighted by Gasteiger charge is -2.14. The first-order chi connectivity index (χ1) is 13.0. The average molecular weight is 359 g/mol. The lowest BCUT2D eigenvalue weighted by molar-refractivity contribution is 0.355. The summed E-state index contributed by atoms with van der Waals surface area (Å²) in [6, 6.07) is 15.8. The predicted octanol–water partition coefficient (Wildman–Crippen LogP) is 4.50. The SMILES string of the molecule is COc1ccc(-c2cc(-c3cc(C)ccc3C)nc(N)c2C#N)cc1OC. The lowest BCUT2D eigenvalue weighted by Crippen LogP contribution is -2.01. The molecule has 0 aliphatic heterocycles. The Balaban J connectivity index is 2.25. The Morgan fingerprint density at radius 2 is 1.67 bits per heavy atom. The van der Waals surface area contributed by atoms with Gasteiger partial charge in [0.15, 0.2) is 11.5 Å². The van der Waals surface area contributed by atoms with Crippen molar-refractivity contribution >= 4 is 5.82 Å². The number of aromatic nitrogens is 1. The molecule has 136 valence electrons. The highest BCUT2D eigenvalue weighted by molar-refractivity contribution is 5.81. The summed E-state index contributed by atoms with van der Waals surface area (Å²) in [5, 5.41) is 9.62. The maximum Gasteiger partial charge on any atom is 0.161 e. The minimum Gasteiger partial charge on any atom is -0.493 e. The van der Waals surface area contributed by atoms with E-state index >= 15 is 0 Å². The Hall–Kier alpha value is -3.52. The van der Waals surface area contributed by atoms with Crippen LogP contribution < -0.4 is 15.2 Å². The molecule has 0 bridgehead atoms. The van der Waals surface area contributed by atoms with Gasteiger partial charge in [0.1, 0.15) is 17.5 Å². The number of benzene rings is 2. The quantitative estimate of drug-likeness (QED) is 0.741. The van der Waals surface area contributed by atoms with Gasteiger partial charge in [-0.2, -0.15) is 5.26 Å². The van der Waals surface area contributed by atoms with Gasteiger partial charge in [0.05, 0.1) is 19.9 Å². The minimum absolute atomic E-state index is 0.209. The Morgan fingerprint density at radius 1 is 0.926 bits per heavy atom. The number of rotatable bonds is 4. The van der Waals surface area contributed by atoms with E-state index in [2.05, 4.69) is 29.3 Å². The van der Waals surface area contributed by atoms with Crippen LogP contribution in [0.25, 0.3) is 22.4 Å². The molecule has 3 aromatic rings. The number of nitrogen functional groups attached to an aromatic ring is 1. The number of nitrogens with zero attached hydrogens (tertiary/aromatic N) is 2. The molecular formula is C22H21N3O2. The summed E-state index contributed by atoms with van der Waals surface area (Å²) in [6.45, 7) is 4.06. The van der Waals surface area contributed by atoms with Gasteiger partial charge in [-0.1, -0.05) is 23.8 Å². The first-order valence-corrected chi connectivity index (χ1v) is 8.49. The molecule has 0 aliphatic rings. The summed E-state index contributed by atoms with van der Waals surface area (Å²) >= 11 is 0. The second-order valence-corrected chi connectivity index (χ2v) is 6.32. The molecule has 27 heavy (non-hydrogen) atoms. The number of pyridine rings is 1. The zero-order valence-electron chi connectivity index (χ0n) is 15.8. The smallest absolute Gasteiger partial charge is 0.161 e. The van der Waals surface area contributed by atoms with Crippen LogP contribution in [0.15, 0.2) is 42.5 Å². The molecule has 0 saturated heterocycles. The molecule has 0 amide bonds. The fourth-order valence-corrected chi connectivity index (χ4v) is 3.06. The first kappa shape index (κ1) is 18.3. The molecule has 0 spiro atoms. The van der Waals surface area contributed by atoms with Crippen LogP contribution in [-0.4, -0.2) is 19.2 Å². The topological polar surface area (TPSA) is 81.2 Å². The molecule has 0 unspecified atom stereocenters. The van der Waals surface area contributed by atoms with Crippen LogP contribution in [0.1, 0.15) is 16.7 Å². The van der Waals surface area contributed by atoms with Crippen LogP contribution in [0.4, 0.5) is 5.82 Å². The number of aryl methyl sites for hydroxylation is 2. The highest BCUT2D eigenvalue weighted by Crippen LogP contribution is 2.37. The second-order valence-electron chi connectivity index (χ2n) is 6.32. The van der Waals surface area contributed by atoms with Crippen molar-refractivity contribution in [1.82, 2.24) is 4.98 Å². The van der Waals surface area contributed by atoms with Crippen LogP contribution in [-0.2, 0) is 0 Å². The van der Waals surface area contributed by atoms with Crippen LogP contribution in [0.3, 0.4) is 0 Å². The molecule has 0 fully saturated rings. The van der Waals surface area contributed by atoms with Crippen molar-refractivity contribution in [3.63, 3.8) is 0 Å². The fourth-order valence-electron chi connectivity index (χ4n) is 3.06. The third-order valence-electron chi connectivity index (χ3n) is 4.52. The van der Waals surface area contributed by atoms with E-state index in [9.17, 15) is 5.26 Å². The summed E-state index contributed by atoms with van der Waals surface area (Å²) in [7, 11) is 3.16. The van der Waals surface area contributed by atoms with Gasteiger partial charge in [0, 0.05) is 11.1 Å². The number of nitrogens with two attached hydrogens (primary N) is 1. The predicted molar refractivity (Wildman–Crippen MR) is 107 cm³/mol. The Bertz CT molecular complexity index is 1050. The van der Waals surface area contributed by atoms with Gasteiger partial charge in [-0.15, -0.1) is 0 Å². The summed E-state index contributed by atoms with van der Waals surface area (Å²) in [5.74, 6) is 1.42. The van der Waals surface area contributed by atoms with Crippen LogP contribution >= 0.6 is 0 Å². The van der Waals surface area contributed by atoms with E-state index in [0.29, 0.717) is 22.6 Å². The summed E-state index contributed by atoms with van der Waals surface area (Å²) in [4.78, 5) is 4.48. The maximum atomic E-state index is 9.62. The summed E-state index contributed by atoms with van der Waals surface area (Å²) in [6.07, 6.45) is 0. The lowest BCUT2D eigenvalue weighted by atomic mass is 9.96. The number of hydrogen-bond acceptors (Lipinski definition) is 5. The number of anilines is 1. The number of nitriles is 1. The third kappa shape index (κ3) is 3.42. The molecule has 1 aromatic heterocycles. The van der Waals surface area contributed by atoms with E-state index in [4.69, 9.17) is 15.2 Å². The highest BCUT2D eigenvalue weighted by Gasteiger charge is 2.16. The summed E-state index contributed by atoms with van der Waals surface area (Å²) < 4.78 is 10.7. The van der Waals surface area contributed by atoms with Gasteiger partial charge in [0.2, 0.25) is 0 Å². The van der Waals surface area contributed by atoms with Gasteiger partial charge in [-0.25, -0.2) is 4.98 Å². The molecule has 2 aromatic carbocycles. The van der Waals surface area contributed by atoms with E-state index in [0.717, 1.165) is 27.9 Å². The Kier molecular flexibility index (Phi) is 5.00. The highest BCUT2D eigenvalue weighted by atomic mass is 16.5. The monoisotopic (exact) mass is 359 g/mol. The third-order valence-corrected chi connectivity index (χ3v) is 4.52. The van der Waals surface area contributed by atoms with Gasteiger partial charge in [-0.05, 0) is 49.2 Å². The first-order valence-electron chi connectivity index (χ1n) is 8.49. The van der Waals surface area contributed by atoms with Crippen LogP contribution in [0.2, 0.25) is 0 Å². The molecule has 0 radical (unpaired) electrons. The molecular weight excluding hydrogens is 338 g/mol. The Labute approximate surface area is 159 Å². The Morgan fingerprint density at radius 3 is 2.33 bits per heavy atom. The van der Waals surface area contributed by atoms with Crippen molar-refractivity contribution in [2.75, 3.05) is 20.0 Å². The van der Waals surface area contributed by atoms with Gasteiger partial charge >= 0.3 is 0 Å². The van der Waals surface area contributed by atoms with Crippen LogP contribution in [0.5, 0.6) is 11.5 Å². The minimum atomic E-state index is 0.209. The fraction of sp³-hybridized carbons (Fsp3) is 0.182. The second kappa shape index (κ2) is 7.38. The van der Waals surface area contributed by atoms with Gasteiger partial charge < -0.3 is 15.2 Å². The molecule has 3 rings (SSSR count). The number of hydrogen-bond donors (Lipinski definition) is 1. The van der Waals surface area contributed by atoms with Crippen molar-refractivity contribution in [1.29, 1.82) is 5.26 Å². The zero-order chi connectivity index (χ0) is 19.6. The molecule has 1 heterocycles. The van der Waals surface area contributed by atoms with E-state index in [1.807, 2.05) is 38.1 Å². The van der Waals surface area contributed by atoms with E-state index in [1.54, 1.807) is 14.2 Å². The molecule has 2 N–H and O–H groups in total. The molecule has 5 heteroatoms. The van der Waals surface area contributed by atoms with E-state index < -0.39 is 0 Å². The summed E-state index contributed by atoms with van der Waals surface area (Å²) in [5.41, 5.74) is 11.9. The van der Waals surface area contributed by atoms with E-state index in [-0.39, 0.29) is 5.82 Å². The van der Waals surface area contributed by atoms with Crippen molar-refractivity contribution in [2.45, 2.75) is 13.8 Å². The largest absolute Gasteiger partial charge is 0.493 e. The van der Waals surface area contributed by atoms with Crippen molar-refractivity contribution in [3.8, 4) is 40.0 Å². The van der Waals surface area contributed by atoms with Crippen LogP contribution in [0, 0.1) is 25.2 Å². The molecule has 0 aliphatic carbocycles. The molecule has 5 nitrogen and oxygen atoms in total. The normalized spacial score (nSPS) is 10.3. The number of ether oxygens (including phenoxy) is 2. The molecule has 0 atom stereocenters. The van der Waals surface area contributed by atoms with Crippen molar-refractivity contribution in [2.24, 2.45) is 0 Å². The van der Waals surface area contributed by atoms with Crippen molar-refractivity contribution < 1.29 is 9.47 Å². The van der Waals surface area contributed by atoms with E-state index in [1.165, 1.54) is 0 Å². The number of methoxy groups -OCH3 is 2.